The second-order valence-corrected chi connectivity index (χ2v) is 4.17. The van der Waals surface area contributed by atoms with Crippen molar-refractivity contribution in [1.82, 2.24) is 10.2 Å². The minimum absolute atomic E-state index is 0.0254. The molecule has 3 N–H and O–H groups in total. The first-order chi connectivity index (χ1) is 6.24. The van der Waals surface area contributed by atoms with Crippen LogP contribution in [-0.4, -0.2) is 42.9 Å². The normalized spacial score (nSPS) is 11.1. The van der Waals surface area contributed by atoms with Crippen molar-refractivity contribution in [2.75, 3.05) is 20.6 Å². The van der Waals surface area contributed by atoms with Gasteiger partial charge in [-0.1, -0.05) is 0 Å². The van der Waals surface area contributed by atoms with Crippen molar-refractivity contribution >= 4 is 11.8 Å². The number of amides is 2. The molecule has 0 heterocycles. The molecule has 0 rings (SSSR count). The zero-order chi connectivity index (χ0) is 11.4. The number of carbonyl (C=O) groups excluding carboxylic acids is 2. The lowest BCUT2D eigenvalue weighted by Crippen LogP contribution is -2.47. The second kappa shape index (κ2) is 4.95. The fraction of sp³-hybridized carbons (Fsp3) is 0.778. The number of nitrogens with one attached hydrogen (secondary N) is 1. The molecule has 0 saturated carbocycles. The molecule has 0 spiro atoms. The van der Waals surface area contributed by atoms with E-state index in [0.29, 0.717) is 0 Å². The van der Waals surface area contributed by atoms with Crippen molar-refractivity contribution in [3.05, 3.63) is 0 Å². The van der Waals surface area contributed by atoms with Gasteiger partial charge in [0.2, 0.25) is 11.8 Å². The third-order valence-electron chi connectivity index (χ3n) is 1.83. The number of rotatable bonds is 5. The Morgan fingerprint density at radius 2 is 1.86 bits per heavy atom. The fourth-order valence-corrected chi connectivity index (χ4v) is 0.971. The van der Waals surface area contributed by atoms with E-state index in [2.05, 4.69) is 5.32 Å². The highest BCUT2D eigenvalue weighted by Gasteiger charge is 2.20. The molecule has 0 atom stereocenters. The highest BCUT2D eigenvalue weighted by Crippen LogP contribution is 2.06. The topological polar surface area (TPSA) is 75.4 Å². The van der Waals surface area contributed by atoms with Crippen LogP contribution in [0.25, 0.3) is 0 Å². The van der Waals surface area contributed by atoms with Crippen LogP contribution >= 0.6 is 0 Å². The minimum atomic E-state index is -0.433. The van der Waals surface area contributed by atoms with E-state index >= 15 is 0 Å². The Kier molecular flexibility index (Phi) is 4.56. The first-order valence-electron chi connectivity index (χ1n) is 4.48. The first-order valence-corrected chi connectivity index (χ1v) is 4.48. The summed E-state index contributed by atoms with van der Waals surface area (Å²) < 4.78 is 0. The third kappa shape index (κ3) is 5.53. The van der Waals surface area contributed by atoms with Crippen molar-refractivity contribution in [3.8, 4) is 0 Å². The number of carbonyl (C=O) groups is 2. The van der Waals surface area contributed by atoms with E-state index in [0.717, 1.165) is 0 Å². The Morgan fingerprint density at radius 1 is 1.36 bits per heavy atom. The maximum absolute atomic E-state index is 11.2. The fourth-order valence-electron chi connectivity index (χ4n) is 0.971. The van der Waals surface area contributed by atoms with Gasteiger partial charge in [-0.05, 0) is 13.8 Å². The first kappa shape index (κ1) is 12.9. The average molecular weight is 201 g/mol. The molecule has 14 heavy (non-hydrogen) atoms. The Morgan fingerprint density at radius 3 is 2.21 bits per heavy atom. The van der Waals surface area contributed by atoms with Gasteiger partial charge < -0.3 is 16.0 Å². The van der Waals surface area contributed by atoms with Crippen LogP contribution in [0.3, 0.4) is 0 Å². The van der Waals surface area contributed by atoms with Gasteiger partial charge in [0, 0.05) is 26.1 Å². The molecule has 0 bridgehead atoms. The molecule has 82 valence electrons. The zero-order valence-electron chi connectivity index (χ0n) is 9.26. The predicted octanol–water partition coefficient (Wildman–Crippen LogP) is -0.682. The SMILES string of the molecule is CN(C)C(=O)CNC(C)(C)CC(N)=O. The lowest BCUT2D eigenvalue weighted by Gasteiger charge is -2.25. The molecular weight excluding hydrogens is 182 g/mol. The number of primary amides is 1. The number of nitrogens with two attached hydrogens (primary N) is 1. The molecule has 0 aromatic rings. The summed E-state index contributed by atoms with van der Waals surface area (Å²) in [5.41, 5.74) is 4.64. The largest absolute Gasteiger partial charge is 0.370 e. The lowest BCUT2D eigenvalue weighted by molar-refractivity contribution is -0.128. The molecule has 5 nitrogen and oxygen atoms in total. The molecule has 0 fully saturated rings. The van der Waals surface area contributed by atoms with Crippen LogP contribution in [0.4, 0.5) is 0 Å². The molecule has 0 saturated heterocycles. The van der Waals surface area contributed by atoms with Gasteiger partial charge in [0.25, 0.3) is 0 Å². The highest BCUT2D eigenvalue weighted by molar-refractivity contribution is 5.78. The van der Waals surface area contributed by atoms with Gasteiger partial charge >= 0.3 is 0 Å². The van der Waals surface area contributed by atoms with Crippen LogP contribution < -0.4 is 11.1 Å². The summed E-state index contributed by atoms with van der Waals surface area (Å²) in [6.45, 7) is 3.88. The highest BCUT2D eigenvalue weighted by atomic mass is 16.2. The Bertz CT molecular complexity index is 224. The molecule has 5 heteroatoms. The van der Waals surface area contributed by atoms with Crippen LogP contribution in [0.2, 0.25) is 0 Å². The number of nitrogens with zero attached hydrogens (tertiary/aromatic N) is 1. The van der Waals surface area contributed by atoms with E-state index in [1.165, 1.54) is 4.90 Å². The van der Waals surface area contributed by atoms with E-state index in [4.69, 9.17) is 5.73 Å². The van der Waals surface area contributed by atoms with Gasteiger partial charge in [0.15, 0.2) is 0 Å². The molecule has 2 amide bonds. The van der Waals surface area contributed by atoms with Gasteiger partial charge in [-0.2, -0.15) is 0 Å². The summed E-state index contributed by atoms with van der Waals surface area (Å²) in [6, 6.07) is 0. The number of likely N-dealkylation sites (N-methyl/N-ethyl adjacent to an activating group) is 1. The van der Waals surface area contributed by atoms with Crippen LogP contribution in [-0.2, 0) is 9.59 Å². The van der Waals surface area contributed by atoms with Crippen molar-refractivity contribution in [1.29, 1.82) is 0 Å². The summed E-state index contributed by atoms with van der Waals surface area (Å²) in [5, 5.41) is 2.98. The van der Waals surface area contributed by atoms with E-state index in [1.807, 2.05) is 13.8 Å². The van der Waals surface area contributed by atoms with Crippen LogP contribution in [0.1, 0.15) is 20.3 Å². The summed E-state index contributed by atoms with van der Waals surface area (Å²) in [6.07, 6.45) is 0.216. The lowest BCUT2D eigenvalue weighted by atomic mass is 10.0. The van der Waals surface area contributed by atoms with Crippen molar-refractivity contribution in [2.45, 2.75) is 25.8 Å². The molecular formula is C9H19N3O2. The van der Waals surface area contributed by atoms with E-state index in [1.54, 1.807) is 14.1 Å². The predicted molar refractivity (Wildman–Crippen MR) is 54.6 cm³/mol. The third-order valence-corrected chi connectivity index (χ3v) is 1.83. The second-order valence-electron chi connectivity index (χ2n) is 4.17. The van der Waals surface area contributed by atoms with Crippen LogP contribution in [0.5, 0.6) is 0 Å². The molecule has 0 aliphatic heterocycles. The van der Waals surface area contributed by atoms with E-state index in [9.17, 15) is 9.59 Å². The molecule has 0 aromatic carbocycles. The van der Waals surface area contributed by atoms with Crippen molar-refractivity contribution in [2.24, 2.45) is 5.73 Å². The minimum Gasteiger partial charge on any atom is -0.370 e. The average Bonchev–Trinajstić information content (AvgIpc) is 1.97. The summed E-state index contributed by atoms with van der Waals surface area (Å²) in [7, 11) is 3.37. The monoisotopic (exact) mass is 201 g/mol. The van der Waals surface area contributed by atoms with Gasteiger partial charge in [0.05, 0.1) is 6.54 Å². The Labute approximate surface area is 84.6 Å². The number of hydrogen-bond acceptors (Lipinski definition) is 3. The maximum Gasteiger partial charge on any atom is 0.236 e. The maximum atomic E-state index is 11.2. The van der Waals surface area contributed by atoms with Gasteiger partial charge in [0.1, 0.15) is 0 Å². The standard InChI is InChI=1S/C9H19N3O2/c1-9(2,5-7(10)13)11-6-8(14)12(3)4/h11H,5-6H2,1-4H3,(H2,10,13). The summed E-state index contributed by atoms with van der Waals surface area (Å²) >= 11 is 0. The number of hydrogen-bond donors (Lipinski definition) is 2. The molecule has 0 aromatic heterocycles. The zero-order valence-corrected chi connectivity index (χ0v) is 9.26. The molecule has 0 aliphatic carbocycles. The Balaban J connectivity index is 3.98. The summed E-state index contributed by atoms with van der Waals surface area (Å²) in [4.78, 5) is 23.4. The van der Waals surface area contributed by atoms with Crippen LogP contribution in [0.15, 0.2) is 0 Å². The molecule has 0 radical (unpaired) electrons. The van der Waals surface area contributed by atoms with Crippen molar-refractivity contribution < 1.29 is 9.59 Å². The smallest absolute Gasteiger partial charge is 0.236 e. The van der Waals surface area contributed by atoms with Gasteiger partial charge in [-0.15, -0.1) is 0 Å². The van der Waals surface area contributed by atoms with Gasteiger partial charge in [-0.3, -0.25) is 9.59 Å². The van der Waals surface area contributed by atoms with Gasteiger partial charge in [-0.25, -0.2) is 0 Å². The molecule has 0 unspecified atom stereocenters. The summed E-state index contributed by atoms with van der Waals surface area (Å²) in [5.74, 6) is -0.401. The van der Waals surface area contributed by atoms with Crippen LogP contribution in [0, 0.1) is 0 Å². The molecule has 0 aliphatic rings. The van der Waals surface area contributed by atoms with Crippen molar-refractivity contribution in [3.63, 3.8) is 0 Å². The van der Waals surface area contributed by atoms with E-state index in [-0.39, 0.29) is 24.8 Å². The quantitative estimate of drug-likeness (QED) is 0.618. The Hall–Kier alpha value is -1.10. The van der Waals surface area contributed by atoms with E-state index < -0.39 is 5.54 Å².